The molecule has 0 aromatic heterocycles. The molecular formula is C18H25N3O3. The Bertz CT molecular complexity index is 695. The summed E-state index contributed by atoms with van der Waals surface area (Å²) < 4.78 is 5.33. The van der Waals surface area contributed by atoms with Crippen LogP contribution in [0.2, 0.25) is 0 Å². The molecule has 3 rings (SSSR count). The average Bonchev–Trinajstić information content (AvgIpc) is 3.04. The van der Waals surface area contributed by atoms with Gasteiger partial charge in [0.15, 0.2) is 0 Å². The highest BCUT2D eigenvalue weighted by molar-refractivity contribution is 6.08. The summed E-state index contributed by atoms with van der Waals surface area (Å²) in [5, 5.41) is 2.98. The molecule has 0 aliphatic carbocycles. The van der Waals surface area contributed by atoms with Gasteiger partial charge in [0.1, 0.15) is 5.75 Å². The number of rotatable bonds is 1. The molecule has 1 aromatic rings. The first kappa shape index (κ1) is 16.6. The Hall–Kier alpha value is -2.24. The zero-order valence-electron chi connectivity index (χ0n) is 15.0. The number of methoxy groups -OCH3 is 1. The second-order valence-corrected chi connectivity index (χ2v) is 7.68. The Labute approximate surface area is 142 Å². The molecule has 130 valence electrons. The van der Waals surface area contributed by atoms with E-state index >= 15 is 0 Å². The molecule has 1 saturated heterocycles. The third kappa shape index (κ3) is 2.50. The highest BCUT2D eigenvalue weighted by Crippen LogP contribution is 2.47. The van der Waals surface area contributed by atoms with E-state index in [2.05, 4.69) is 5.32 Å². The molecule has 2 heterocycles. The summed E-state index contributed by atoms with van der Waals surface area (Å²) in [5.41, 5.74) is 0.900. The zero-order chi connectivity index (χ0) is 17.7. The van der Waals surface area contributed by atoms with Crippen LogP contribution in [0.3, 0.4) is 0 Å². The summed E-state index contributed by atoms with van der Waals surface area (Å²) in [4.78, 5) is 28.9. The van der Waals surface area contributed by atoms with Gasteiger partial charge in [0.2, 0.25) is 5.91 Å². The fourth-order valence-corrected chi connectivity index (χ4v) is 3.64. The smallest absolute Gasteiger partial charge is 0.317 e. The van der Waals surface area contributed by atoms with Crippen molar-refractivity contribution in [3.63, 3.8) is 0 Å². The number of likely N-dealkylation sites (N-methyl/N-ethyl adjacent to an activating group) is 1. The van der Waals surface area contributed by atoms with Gasteiger partial charge in [-0.2, -0.15) is 0 Å². The monoisotopic (exact) mass is 331 g/mol. The van der Waals surface area contributed by atoms with Crippen molar-refractivity contribution in [1.29, 1.82) is 0 Å². The number of carbonyl (C=O) groups is 2. The maximum absolute atomic E-state index is 13.0. The number of nitrogens with zero attached hydrogens (tertiary/aromatic N) is 2. The normalized spacial score (nSPS) is 23.0. The van der Waals surface area contributed by atoms with E-state index in [4.69, 9.17) is 4.74 Å². The number of amides is 3. The van der Waals surface area contributed by atoms with Gasteiger partial charge in [0, 0.05) is 31.4 Å². The van der Waals surface area contributed by atoms with Crippen LogP contribution in [-0.4, -0.2) is 49.6 Å². The van der Waals surface area contributed by atoms with Crippen LogP contribution in [0.4, 0.5) is 10.5 Å². The molecule has 6 nitrogen and oxygen atoms in total. The predicted molar refractivity (Wildman–Crippen MR) is 92.6 cm³/mol. The number of nitrogens with one attached hydrogen (secondary N) is 1. The van der Waals surface area contributed by atoms with Crippen LogP contribution >= 0.6 is 0 Å². The number of hydrogen-bond donors (Lipinski definition) is 1. The van der Waals surface area contributed by atoms with Crippen molar-refractivity contribution in [3.8, 4) is 5.75 Å². The second kappa shape index (κ2) is 5.40. The summed E-state index contributed by atoms with van der Waals surface area (Å²) in [7, 11) is 3.41. The summed E-state index contributed by atoms with van der Waals surface area (Å²) in [5.74, 6) is 0.783. The van der Waals surface area contributed by atoms with E-state index < -0.39 is 5.41 Å². The first-order valence-corrected chi connectivity index (χ1v) is 8.22. The molecule has 0 radical (unpaired) electrons. The van der Waals surface area contributed by atoms with E-state index in [0.29, 0.717) is 19.5 Å². The average molecular weight is 331 g/mol. The minimum absolute atomic E-state index is 0.0526. The van der Waals surface area contributed by atoms with Crippen molar-refractivity contribution in [2.24, 2.45) is 0 Å². The fraction of sp³-hybridized carbons (Fsp3) is 0.556. The number of ether oxygens (including phenoxy) is 1. The summed E-state index contributed by atoms with van der Waals surface area (Å²) in [6.07, 6.45) is 0.633. The van der Waals surface area contributed by atoms with Crippen LogP contribution in [0.5, 0.6) is 5.75 Å². The Morgan fingerprint density at radius 1 is 1.33 bits per heavy atom. The number of fused-ring (bicyclic) bond motifs is 2. The molecule has 2 aliphatic heterocycles. The second-order valence-electron chi connectivity index (χ2n) is 7.68. The molecule has 1 aromatic carbocycles. The number of benzene rings is 1. The van der Waals surface area contributed by atoms with E-state index in [1.54, 1.807) is 24.0 Å². The summed E-state index contributed by atoms with van der Waals surface area (Å²) in [6, 6.07) is 5.59. The highest BCUT2D eigenvalue weighted by Gasteiger charge is 2.54. The molecule has 24 heavy (non-hydrogen) atoms. The van der Waals surface area contributed by atoms with Crippen molar-refractivity contribution >= 4 is 17.6 Å². The lowest BCUT2D eigenvalue weighted by Gasteiger charge is -2.27. The van der Waals surface area contributed by atoms with Gasteiger partial charge in [-0.15, -0.1) is 0 Å². The standard InChI is InChI=1S/C18H25N3O3/c1-17(2,3)19-16(23)21-9-8-18(11-21)13-10-12(24-5)6-7-14(13)20(4)15(18)22/h6-7,10H,8-9,11H2,1-5H3,(H,19,23)/t18-/m0/s1. The summed E-state index contributed by atoms with van der Waals surface area (Å²) >= 11 is 0. The van der Waals surface area contributed by atoms with Gasteiger partial charge in [-0.05, 0) is 51.0 Å². The van der Waals surface area contributed by atoms with Gasteiger partial charge in [0.05, 0.1) is 12.5 Å². The van der Waals surface area contributed by atoms with Crippen LogP contribution in [0.25, 0.3) is 0 Å². The zero-order valence-corrected chi connectivity index (χ0v) is 15.0. The molecule has 1 fully saturated rings. The number of likely N-dealkylation sites (tertiary alicyclic amines) is 1. The van der Waals surface area contributed by atoms with E-state index in [1.807, 2.05) is 39.0 Å². The molecule has 2 aliphatic rings. The van der Waals surface area contributed by atoms with Crippen LogP contribution < -0.4 is 15.0 Å². The SMILES string of the molecule is COc1ccc2c(c1)[C@@]1(CCN(C(=O)NC(C)(C)C)C1)C(=O)N2C. The van der Waals surface area contributed by atoms with E-state index in [1.165, 1.54) is 0 Å². The van der Waals surface area contributed by atoms with E-state index in [9.17, 15) is 9.59 Å². The Kier molecular flexibility index (Phi) is 3.73. The third-order valence-corrected chi connectivity index (χ3v) is 4.83. The first-order chi connectivity index (χ1) is 11.2. The highest BCUT2D eigenvalue weighted by atomic mass is 16.5. The third-order valence-electron chi connectivity index (χ3n) is 4.83. The lowest BCUT2D eigenvalue weighted by atomic mass is 9.81. The van der Waals surface area contributed by atoms with E-state index in [0.717, 1.165) is 17.0 Å². The molecule has 1 N–H and O–H groups in total. The minimum Gasteiger partial charge on any atom is -0.497 e. The van der Waals surface area contributed by atoms with Crippen molar-refractivity contribution < 1.29 is 14.3 Å². The topological polar surface area (TPSA) is 61.9 Å². The molecule has 0 bridgehead atoms. The Morgan fingerprint density at radius 2 is 2.04 bits per heavy atom. The fourth-order valence-electron chi connectivity index (χ4n) is 3.64. The lowest BCUT2D eigenvalue weighted by Crippen LogP contribution is -2.49. The van der Waals surface area contributed by atoms with Gasteiger partial charge >= 0.3 is 6.03 Å². The van der Waals surface area contributed by atoms with Crippen molar-refractivity contribution in [2.75, 3.05) is 32.1 Å². The van der Waals surface area contributed by atoms with Gasteiger partial charge in [-0.25, -0.2) is 4.79 Å². The molecule has 6 heteroatoms. The van der Waals surface area contributed by atoms with Crippen molar-refractivity contribution in [2.45, 2.75) is 38.1 Å². The number of anilines is 1. The van der Waals surface area contributed by atoms with Crippen LogP contribution in [0, 0.1) is 0 Å². The van der Waals surface area contributed by atoms with Gasteiger partial charge in [-0.3, -0.25) is 4.79 Å². The van der Waals surface area contributed by atoms with Gasteiger partial charge < -0.3 is 19.9 Å². The van der Waals surface area contributed by atoms with Crippen LogP contribution in [-0.2, 0) is 10.2 Å². The minimum atomic E-state index is -0.659. The Morgan fingerprint density at radius 3 is 2.67 bits per heavy atom. The van der Waals surface area contributed by atoms with Crippen molar-refractivity contribution in [1.82, 2.24) is 10.2 Å². The van der Waals surface area contributed by atoms with Crippen molar-refractivity contribution in [3.05, 3.63) is 23.8 Å². The maximum atomic E-state index is 13.0. The van der Waals surface area contributed by atoms with Gasteiger partial charge in [0.25, 0.3) is 0 Å². The van der Waals surface area contributed by atoms with Gasteiger partial charge in [-0.1, -0.05) is 0 Å². The number of carbonyl (C=O) groups excluding carboxylic acids is 2. The molecule has 1 spiro atoms. The largest absolute Gasteiger partial charge is 0.497 e. The number of hydrogen-bond acceptors (Lipinski definition) is 3. The van der Waals surface area contributed by atoms with E-state index in [-0.39, 0.29) is 17.5 Å². The maximum Gasteiger partial charge on any atom is 0.317 e. The molecule has 0 unspecified atom stereocenters. The molecular weight excluding hydrogens is 306 g/mol. The Balaban J connectivity index is 1.92. The quantitative estimate of drug-likeness (QED) is 0.857. The first-order valence-electron chi connectivity index (χ1n) is 8.22. The predicted octanol–water partition coefficient (Wildman–Crippen LogP) is 2.12. The molecule has 3 amide bonds. The van der Waals surface area contributed by atoms with Crippen LogP contribution in [0.15, 0.2) is 18.2 Å². The summed E-state index contributed by atoms with van der Waals surface area (Å²) in [6.45, 7) is 6.82. The molecule has 0 saturated carbocycles. The van der Waals surface area contributed by atoms with Crippen LogP contribution in [0.1, 0.15) is 32.8 Å². The molecule has 1 atom stereocenters. The lowest BCUT2D eigenvalue weighted by molar-refractivity contribution is -0.122. The number of urea groups is 1.